The fraction of sp³-hybridized carbons (Fsp3) is 0.308. The zero-order chi connectivity index (χ0) is 13.4. The molecule has 0 fully saturated rings. The molecule has 0 aliphatic rings. The highest BCUT2D eigenvalue weighted by Crippen LogP contribution is 2.14. The van der Waals surface area contributed by atoms with Crippen molar-refractivity contribution >= 4 is 11.8 Å². The van der Waals surface area contributed by atoms with Crippen molar-refractivity contribution in [2.45, 2.75) is 13.3 Å². The Balaban J connectivity index is 2.75. The van der Waals surface area contributed by atoms with Gasteiger partial charge in [0.25, 0.3) is 0 Å². The summed E-state index contributed by atoms with van der Waals surface area (Å²) < 4.78 is 18.1. The van der Waals surface area contributed by atoms with Crippen LogP contribution in [0.15, 0.2) is 18.2 Å². The van der Waals surface area contributed by atoms with Crippen LogP contribution >= 0.6 is 0 Å². The molecule has 0 spiro atoms. The van der Waals surface area contributed by atoms with E-state index in [1.165, 1.54) is 18.2 Å². The Morgan fingerprint density at radius 2 is 2.33 bits per heavy atom. The number of nitrogens with one attached hydrogen (secondary N) is 1. The van der Waals surface area contributed by atoms with Crippen LogP contribution in [-0.4, -0.2) is 24.4 Å². The number of amides is 1. The summed E-state index contributed by atoms with van der Waals surface area (Å²) in [5.74, 6) is 4.28. The highest BCUT2D eigenvalue weighted by Gasteiger charge is 2.05. The molecule has 18 heavy (non-hydrogen) atoms. The molecule has 0 saturated heterocycles. The van der Waals surface area contributed by atoms with Gasteiger partial charge in [-0.1, -0.05) is 18.8 Å². The van der Waals surface area contributed by atoms with E-state index in [2.05, 4.69) is 17.2 Å². The van der Waals surface area contributed by atoms with Gasteiger partial charge in [0.2, 0.25) is 0 Å². The van der Waals surface area contributed by atoms with E-state index in [1.54, 1.807) is 0 Å². The number of hydrogen-bond acceptors (Lipinski definition) is 3. The lowest BCUT2D eigenvalue weighted by Crippen LogP contribution is -2.14. The molecule has 0 bridgehead atoms. The van der Waals surface area contributed by atoms with Crippen LogP contribution in [0.3, 0.4) is 0 Å². The minimum Gasteiger partial charge on any atom is -0.449 e. The zero-order valence-electron chi connectivity index (χ0n) is 10.00. The number of carbonyl (C=O) groups is 1. The topological polar surface area (TPSA) is 58.6 Å². The molecule has 1 amide bonds. The third-order valence-electron chi connectivity index (χ3n) is 1.95. The van der Waals surface area contributed by atoms with Crippen molar-refractivity contribution in [2.75, 3.05) is 18.5 Å². The molecule has 0 aliphatic carbocycles. The number of anilines is 1. The van der Waals surface area contributed by atoms with Gasteiger partial charge in [-0.25, -0.2) is 9.18 Å². The third kappa shape index (κ3) is 4.44. The van der Waals surface area contributed by atoms with Gasteiger partial charge in [-0.15, -0.1) is 0 Å². The van der Waals surface area contributed by atoms with Crippen LogP contribution in [-0.2, 0) is 4.74 Å². The first-order valence-electron chi connectivity index (χ1n) is 5.50. The second-order valence-corrected chi connectivity index (χ2v) is 3.42. The number of halogens is 1. The number of ether oxygens (including phenoxy) is 1. The summed E-state index contributed by atoms with van der Waals surface area (Å²) in [4.78, 5) is 11.3. The average Bonchev–Trinajstić information content (AvgIpc) is 2.37. The number of aliphatic hydroxyl groups is 1. The van der Waals surface area contributed by atoms with Crippen LogP contribution < -0.4 is 5.32 Å². The molecule has 0 aromatic heterocycles. The van der Waals surface area contributed by atoms with Crippen LogP contribution in [0.4, 0.5) is 14.9 Å². The standard InChI is InChI=1S/C13H14FNO3/c1-2-8-18-13(17)15-11-5-6-12(14)10(9-11)4-3-7-16/h5-6,9,16H,2,7-8H2,1H3,(H,15,17). The van der Waals surface area contributed by atoms with E-state index in [9.17, 15) is 9.18 Å². The molecule has 4 nitrogen and oxygen atoms in total. The summed E-state index contributed by atoms with van der Waals surface area (Å²) in [6, 6.07) is 3.98. The summed E-state index contributed by atoms with van der Waals surface area (Å²) in [6.45, 7) is 1.85. The Labute approximate surface area is 105 Å². The first kappa shape index (κ1) is 14.0. The molecule has 1 rings (SSSR count). The summed E-state index contributed by atoms with van der Waals surface area (Å²) in [6.07, 6.45) is 0.133. The highest BCUT2D eigenvalue weighted by molar-refractivity contribution is 5.84. The smallest absolute Gasteiger partial charge is 0.411 e. The van der Waals surface area contributed by atoms with Gasteiger partial charge in [-0.3, -0.25) is 5.32 Å². The molecule has 0 unspecified atom stereocenters. The van der Waals surface area contributed by atoms with Crippen molar-refractivity contribution in [2.24, 2.45) is 0 Å². The monoisotopic (exact) mass is 251 g/mol. The van der Waals surface area contributed by atoms with E-state index >= 15 is 0 Å². The normalized spacial score (nSPS) is 9.28. The maximum Gasteiger partial charge on any atom is 0.411 e. The van der Waals surface area contributed by atoms with Gasteiger partial charge in [0.1, 0.15) is 12.4 Å². The molecule has 0 radical (unpaired) electrons. The van der Waals surface area contributed by atoms with Gasteiger partial charge in [-0.2, -0.15) is 0 Å². The van der Waals surface area contributed by atoms with Gasteiger partial charge >= 0.3 is 6.09 Å². The Morgan fingerprint density at radius 3 is 3.00 bits per heavy atom. The number of rotatable bonds is 3. The molecule has 0 saturated carbocycles. The van der Waals surface area contributed by atoms with E-state index < -0.39 is 11.9 Å². The van der Waals surface area contributed by atoms with Crippen molar-refractivity contribution in [3.63, 3.8) is 0 Å². The molecule has 0 heterocycles. The second kappa shape index (κ2) is 7.30. The summed E-state index contributed by atoms with van der Waals surface area (Å²) in [7, 11) is 0. The highest BCUT2D eigenvalue weighted by atomic mass is 19.1. The average molecular weight is 251 g/mol. The molecule has 2 N–H and O–H groups in total. The minimum absolute atomic E-state index is 0.109. The van der Waals surface area contributed by atoms with Crippen molar-refractivity contribution in [3.05, 3.63) is 29.6 Å². The molecule has 0 aliphatic heterocycles. The molecule has 96 valence electrons. The lowest BCUT2D eigenvalue weighted by atomic mass is 10.2. The van der Waals surface area contributed by atoms with E-state index in [0.29, 0.717) is 12.3 Å². The largest absolute Gasteiger partial charge is 0.449 e. The molecular formula is C13H14FNO3. The van der Waals surface area contributed by atoms with E-state index in [1.807, 2.05) is 6.92 Å². The van der Waals surface area contributed by atoms with Gasteiger partial charge in [0.05, 0.1) is 12.2 Å². The van der Waals surface area contributed by atoms with Crippen LogP contribution in [0.1, 0.15) is 18.9 Å². The van der Waals surface area contributed by atoms with Crippen molar-refractivity contribution in [3.8, 4) is 11.8 Å². The Morgan fingerprint density at radius 1 is 1.56 bits per heavy atom. The lowest BCUT2D eigenvalue weighted by molar-refractivity contribution is 0.161. The maximum atomic E-state index is 13.3. The second-order valence-electron chi connectivity index (χ2n) is 3.42. The number of hydrogen-bond donors (Lipinski definition) is 2. The quantitative estimate of drug-likeness (QED) is 0.809. The van der Waals surface area contributed by atoms with Crippen molar-refractivity contribution in [1.29, 1.82) is 0 Å². The fourth-order valence-corrected chi connectivity index (χ4v) is 1.18. The number of aliphatic hydroxyl groups excluding tert-OH is 1. The predicted octanol–water partition coefficient (Wildman–Crippen LogP) is 2.13. The Bertz CT molecular complexity index is 477. The van der Waals surface area contributed by atoms with Gasteiger partial charge < -0.3 is 9.84 Å². The Hall–Kier alpha value is -2.06. The molecule has 1 aromatic rings. The third-order valence-corrected chi connectivity index (χ3v) is 1.95. The fourth-order valence-electron chi connectivity index (χ4n) is 1.18. The summed E-state index contributed by atoms with van der Waals surface area (Å²) in [5, 5.41) is 11.0. The van der Waals surface area contributed by atoms with Gasteiger partial charge in [0.15, 0.2) is 0 Å². The van der Waals surface area contributed by atoms with Gasteiger partial charge in [-0.05, 0) is 24.6 Å². The predicted molar refractivity (Wildman–Crippen MR) is 65.6 cm³/mol. The van der Waals surface area contributed by atoms with E-state index in [4.69, 9.17) is 9.84 Å². The molecule has 5 heteroatoms. The number of benzene rings is 1. The number of carbonyl (C=O) groups excluding carboxylic acids is 1. The first-order valence-corrected chi connectivity index (χ1v) is 5.50. The van der Waals surface area contributed by atoms with E-state index in [-0.39, 0.29) is 12.2 Å². The SMILES string of the molecule is CCCOC(=O)Nc1ccc(F)c(C#CCO)c1. The summed E-state index contributed by atoms with van der Waals surface area (Å²) in [5.41, 5.74) is 0.497. The van der Waals surface area contributed by atoms with Crippen LogP contribution in [0, 0.1) is 17.7 Å². The molecular weight excluding hydrogens is 237 g/mol. The van der Waals surface area contributed by atoms with Crippen molar-refractivity contribution < 1.29 is 19.0 Å². The first-order chi connectivity index (χ1) is 8.67. The maximum absolute atomic E-state index is 13.3. The van der Waals surface area contributed by atoms with E-state index in [0.717, 1.165) is 6.42 Å². The lowest BCUT2D eigenvalue weighted by Gasteiger charge is -2.06. The zero-order valence-corrected chi connectivity index (χ0v) is 10.00. The van der Waals surface area contributed by atoms with Crippen LogP contribution in [0.25, 0.3) is 0 Å². The van der Waals surface area contributed by atoms with Crippen LogP contribution in [0.5, 0.6) is 0 Å². The van der Waals surface area contributed by atoms with Crippen LogP contribution in [0.2, 0.25) is 0 Å². The Kier molecular flexibility index (Phi) is 5.68. The molecule has 1 aromatic carbocycles. The summed E-state index contributed by atoms with van der Waals surface area (Å²) >= 11 is 0. The molecule has 0 atom stereocenters. The minimum atomic E-state index is -0.593. The van der Waals surface area contributed by atoms with Gasteiger partial charge in [0, 0.05) is 5.69 Å². The van der Waals surface area contributed by atoms with Crippen molar-refractivity contribution in [1.82, 2.24) is 0 Å².